The number of hydrazone groups is 1. The molecule has 2 rings (SSSR count). The lowest BCUT2D eigenvalue weighted by molar-refractivity contribution is 1.30. The molecule has 0 aromatic heterocycles. The molecule has 0 atom stereocenters. The summed E-state index contributed by atoms with van der Waals surface area (Å²) in [5.41, 5.74) is 7.83. The molecule has 1 N–H and O–H groups in total. The van der Waals surface area contributed by atoms with Gasteiger partial charge in [0, 0.05) is 5.02 Å². The first-order valence-corrected chi connectivity index (χ1v) is 7.54. The highest BCUT2D eigenvalue weighted by Crippen LogP contribution is 2.33. The maximum atomic E-state index is 6.11. The molecule has 0 saturated carbocycles. The van der Waals surface area contributed by atoms with Crippen molar-refractivity contribution in [1.29, 1.82) is 0 Å². The van der Waals surface area contributed by atoms with Crippen molar-refractivity contribution in [3.05, 3.63) is 62.1 Å². The predicted molar refractivity (Wildman–Crippen MR) is 93.2 cm³/mol. The van der Waals surface area contributed by atoms with Crippen molar-refractivity contribution in [3.63, 3.8) is 0 Å². The van der Waals surface area contributed by atoms with Gasteiger partial charge >= 0.3 is 0 Å². The van der Waals surface area contributed by atoms with E-state index in [-0.39, 0.29) is 0 Å². The average Bonchev–Trinajstić information content (AvgIpc) is 2.40. The molecule has 0 saturated heterocycles. The summed E-state index contributed by atoms with van der Waals surface area (Å²) in [4.78, 5) is 0. The zero-order valence-corrected chi connectivity index (χ0v) is 14.2. The number of halogens is 3. The van der Waals surface area contributed by atoms with Crippen molar-refractivity contribution in [3.8, 4) is 0 Å². The number of rotatable bonds is 3. The third-order valence-electron chi connectivity index (χ3n) is 3.27. The Balaban J connectivity index is 2.26. The monoisotopic (exact) mass is 340 g/mol. The van der Waals surface area contributed by atoms with E-state index in [0.717, 1.165) is 11.3 Å². The quantitative estimate of drug-likeness (QED) is 0.529. The van der Waals surface area contributed by atoms with Crippen LogP contribution in [0.15, 0.2) is 35.4 Å². The van der Waals surface area contributed by atoms with E-state index < -0.39 is 0 Å². The Hall–Kier alpha value is -1.22. The number of hydrogen-bond acceptors (Lipinski definition) is 2. The molecule has 2 aromatic carbocycles. The summed E-state index contributed by atoms with van der Waals surface area (Å²) < 4.78 is 0. The molecule has 2 aromatic rings. The first-order chi connectivity index (χ1) is 9.88. The number of hydrogen-bond donors (Lipinski definition) is 1. The molecule has 5 heteroatoms. The molecular formula is C16H15Cl3N2. The number of nitrogens with one attached hydrogen (secondary N) is 1. The van der Waals surface area contributed by atoms with Crippen molar-refractivity contribution in [2.24, 2.45) is 5.10 Å². The van der Waals surface area contributed by atoms with Gasteiger partial charge in [0.1, 0.15) is 0 Å². The van der Waals surface area contributed by atoms with E-state index in [9.17, 15) is 0 Å². The van der Waals surface area contributed by atoms with Gasteiger partial charge in [-0.1, -0.05) is 46.9 Å². The first kappa shape index (κ1) is 16.2. The van der Waals surface area contributed by atoms with Crippen LogP contribution in [0.5, 0.6) is 0 Å². The summed E-state index contributed by atoms with van der Waals surface area (Å²) in [6.45, 7) is 6.08. The second kappa shape index (κ2) is 6.69. The summed E-state index contributed by atoms with van der Waals surface area (Å²) in [5, 5.41) is 5.70. The van der Waals surface area contributed by atoms with Crippen molar-refractivity contribution in [2.45, 2.75) is 20.8 Å². The van der Waals surface area contributed by atoms with Crippen LogP contribution in [0.1, 0.15) is 23.6 Å². The minimum atomic E-state index is 0.434. The fraction of sp³-hybridized carbons (Fsp3) is 0.188. The van der Waals surface area contributed by atoms with Crippen LogP contribution in [0.4, 0.5) is 5.69 Å². The molecule has 0 spiro atoms. The Morgan fingerprint density at radius 3 is 2.14 bits per heavy atom. The maximum absolute atomic E-state index is 6.11. The van der Waals surface area contributed by atoms with Gasteiger partial charge in [-0.2, -0.15) is 5.10 Å². The van der Waals surface area contributed by atoms with Gasteiger partial charge in [-0.25, -0.2) is 0 Å². The topological polar surface area (TPSA) is 24.4 Å². The average molecular weight is 342 g/mol. The lowest BCUT2D eigenvalue weighted by Crippen LogP contribution is -2.01. The molecule has 0 aliphatic heterocycles. The van der Waals surface area contributed by atoms with Gasteiger partial charge in [0.25, 0.3) is 0 Å². The molecule has 0 radical (unpaired) electrons. The van der Waals surface area contributed by atoms with E-state index in [2.05, 4.69) is 36.5 Å². The molecular weight excluding hydrogens is 327 g/mol. The number of nitrogens with zero attached hydrogens (tertiary/aromatic N) is 1. The van der Waals surface area contributed by atoms with Gasteiger partial charge in [0.05, 0.1) is 21.4 Å². The molecule has 0 aliphatic carbocycles. The van der Waals surface area contributed by atoms with Crippen LogP contribution in [0.25, 0.3) is 0 Å². The zero-order chi connectivity index (χ0) is 15.6. The maximum Gasteiger partial charge on any atom is 0.0935 e. The van der Waals surface area contributed by atoms with E-state index in [1.807, 2.05) is 13.0 Å². The molecule has 0 amide bonds. The van der Waals surface area contributed by atoms with Crippen LogP contribution in [0.3, 0.4) is 0 Å². The van der Waals surface area contributed by atoms with Gasteiger partial charge in [-0.05, 0) is 55.7 Å². The minimum absolute atomic E-state index is 0.434. The fourth-order valence-electron chi connectivity index (χ4n) is 1.82. The zero-order valence-electron chi connectivity index (χ0n) is 12.0. The Kier molecular flexibility index (Phi) is 5.15. The molecule has 0 unspecified atom stereocenters. The van der Waals surface area contributed by atoms with Crippen LogP contribution in [-0.4, -0.2) is 5.71 Å². The standard InChI is InChI=1S/C16H15Cl3N2/c1-9-4-5-12(6-10(9)2)11(3)20-21-16-14(18)7-13(17)8-15(16)19/h4-8,21H,1-3H3. The molecule has 110 valence electrons. The second-order valence-electron chi connectivity index (χ2n) is 4.85. The van der Waals surface area contributed by atoms with Crippen molar-refractivity contribution >= 4 is 46.2 Å². The van der Waals surface area contributed by atoms with E-state index in [0.29, 0.717) is 20.8 Å². The smallest absolute Gasteiger partial charge is 0.0935 e. The van der Waals surface area contributed by atoms with Gasteiger partial charge in [-0.15, -0.1) is 0 Å². The number of benzene rings is 2. The van der Waals surface area contributed by atoms with Crippen molar-refractivity contribution < 1.29 is 0 Å². The molecule has 0 fully saturated rings. The molecule has 0 heterocycles. The summed E-state index contributed by atoms with van der Waals surface area (Å²) >= 11 is 18.1. The Morgan fingerprint density at radius 1 is 0.952 bits per heavy atom. The Morgan fingerprint density at radius 2 is 1.57 bits per heavy atom. The molecule has 0 aliphatic rings. The van der Waals surface area contributed by atoms with Crippen LogP contribution in [0, 0.1) is 13.8 Å². The van der Waals surface area contributed by atoms with Gasteiger partial charge in [-0.3, -0.25) is 5.43 Å². The van der Waals surface area contributed by atoms with Crippen LogP contribution in [-0.2, 0) is 0 Å². The number of anilines is 1. The van der Waals surface area contributed by atoms with Gasteiger partial charge in [0.2, 0.25) is 0 Å². The molecule has 0 bridgehead atoms. The fourth-order valence-corrected chi connectivity index (χ4v) is 2.72. The van der Waals surface area contributed by atoms with Crippen LogP contribution >= 0.6 is 34.8 Å². The van der Waals surface area contributed by atoms with Crippen LogP contribution < -0.4 is 5.43 Å². The largest absolute Gasteiger partial charge is 0.275 e. The second-order valence-corrected chi connectivity index (χ2v) is 6.10. The van der Waals surface area contributed by atoms with Crippen molar-refractivity contribution in [2.75, 3.05) is 5.43 Å². The third kappa shape index (κ3) is 3.91. The van der Waals surface area contributed by atoms with E-state index in [1.54, 1.807) is 12.1 Å². The van der Waals surface area contributed by atoms with E-state index in [1.165, 1.54) is 11.1 Å². The lowest BCUT2D eigenvalue weighted by atomic mass is 10.0. The number of aryl methyl sites for hydroxylation is 2. The Bertz CT molecular complexity index is 686. The summed E-state index contributed by atoms with van der Waals surface area (Å²) in [6.07, 6.45) is 0. The third-order valence-corrected chi connectivity index (χ3v) is 4.08. The van der Waals surface area contributed by atoms with E-state index in [4.69, 9.17) is 34.8 Å². The Labute approximate surface area is 139 Å². The summed E-state index contributed by atoms with van der Waals surface area (Å²) in [6, 6.07) is 9.46. The molecule has 21 heavy (non-hydrogen) atoms. The summed E-state index contributed by atoms with van der Waals surface area (Å²) in [5.74, 6) is 0. The van der Waals surface area contributed by atoms with Gasteiger partial charge in [0.15, 0.2) is 0 Å². The highest BCUT2D eigenvalue weighted by Gasteiger charge is 2.07. The highest BCUT2D eigenvalue weighted by atomic mass is 35.5. The van der Waals surface area contributed by atoms with Crippen LogP contribution in [0.2, 0.25) is 15.1 Å². The van der Waals surface area contributed by atoms with E-state index >= 15 is 0 Å². The molecule has 2 nitrogen and oxygen atoms in total. The summed E-state index contributed by atoms with van der Waals surface area (Å²) in [7, 11) is 0. The lowest BCUT2D eigenvalue weighted by Gasteiger charge is -2.09. The minimum Gasteiger partial charge on any atom is -0.275 e. The van der Waals surface area contributed by atoms with Gasteiger partial charge < -0.3 is 0 Å². The first-order valence-electron chi connectivity index (χ1n) is 6.41. The SMILES string of the molecule is CC(=NNc1c(Cl)cc(Cl)cc1Cl)c1ccc(C)c(C)c1. The predicted octanol–water partition coefficient (Wildman–Crippen LogP) is 6.10. The normalized spacial score (nSPS) is 11.6. The highest BCUT2D eigenvalue weighted by molar-refractivity contribution is 6.41. The van der Waals surface area contributed by atoms with Crippen molar-refractivity contribution in [1.82, 2.24) is 0 Å².